The highest BCUT2D eigenvalue weighted by molar-refractivity contribution is 5.75. The summed E-state index contributed by atoms with van der Waals surface area (Å²) in [6.45, 7) is 2.82. The molecule has 1 amide bonds. The van der Waals surface area contributed by atoms with Crippen LogP contribution in [0.5, 0.6) is 0 Å². The summed E-state index contributed by atoms with van der Waals surface area (Å²) < 4.78 is 0. The number of aliphatic carboxylic acids is 1. The summed E-state index contributed by atoms with van der Waals surface area (Å²) >= 11 is 0. The summed E-state index contributed by atoms with van der Waals surface area (Å²) in [5.41, 5.74) is 0. The van der Waals surface area contributed by atoms with Crippen LogP contribution in [0.1, 0.15) is 96.8 Å². The Morgan fingerprint density at radius 2 is 1.50 bits per heavy atom. The summed E-state index contributed by atoms with van der Waals surface area (Å²) in [7, 11) is 3.57. The first kappa shape index (κ1) is 26.6. The molecule has 0 aliphatic heterocycles. The number of amides is 1. The average Bonchev–Trinajstić information content (AvgIpc) is 2.64. The number of rotatable bonds is 19. The number of likely N-dealkylation sites (N-methyl/N-ethyl adjacent to an activating group) is 1. The quantitative estimate of drug-likeness (QED) is 0.234. The molecule has 0 fully saturated rings. The van der Waals surface area contributed by atoms with E-state index in [-0.39, 0.29) is 5.91 Å². The standard InChI is InChI=1S/C23H44N2O3/c1-4-5-6-7-8-9-10-11-12-13-14-15-19-22(26)24-20-17-16-18-21(23(27)28)25(2)3/h5-6,21H,4,7-20H2,1-3H3,(H,24,26)(H,27,28)/b6-5+/t21-/m0/s1. The van der Waals surface area contributed by atoms with Gasteiger partial charge in [0.05, 0.1) is 0 Å². The molecule has 5 nitrogen and oxygen atoms in total. The highest BCUT2D eigenvalue weighted by Gasteiger charge is 2.18. The lowest BCUT2D eigenvalue weighted by atomic mass is 10.1. The third kappa shape index (κ3) is 16.8. The molecule has 0 saturated carbocycles. The molecular formula is C23H44N2O3. The van der Waals surface area contributed by atoms with Gasteiger partial charge in [-0.15, -0.1) is 0 Å². The predicted molar refractivity (Wildman–Crippen MR) is 118 cm³/mol. The van der Waals surface area contributed by atoms with E-state index in [1.54, 1.807) is 19.0 Å². The van der Waals surface area contributed by atoms with Crippen molar-refractivity contribution < 1.29 is 14.7 Å². The molecular weight excluding hydrogens is 352 g/mol. The van der Waals surface area contributed by atoms with Crippen LogP contribution < -0.4 is 5.32 Å². The normalized spacial score (nSPS) is 12.6. The minimum Gasteiger partial charge on any atom is -0.480 e. The second kappa shape index (κ2) is 19.0. The van der Waals surface area contributed by atoms with Crippen molar-refractivity contribution in [3.63, 3.8) is 0 Å². The van der Waals surface area contributed by atoms with Crippen LogP contribution >= 0.6 is 0 Å². The number of hydrogen-bond acceptors (Lipinski definition) is 3. The maximum atomic E-state index is 11.8. The van der Waals surface area contributed by atoms with Gasteiger partial charge in [-0.1, -0.05) is 57.6 Å². The molecule has 0 saturated heterocycles. The Hall–Kier alpha value is -1.36. The number of nitrogens with zero attached hydrogens (tertiary/aromatic N) is 1. The molecule has 0 aliphatic rings. The van der Waals surface area contributed by atoms with Crippen LogP contribution in [0.4, 0.5) is 0 Å². The van der Waals surface area contributed by atoms with Crippen molar-refractivity contribution >= 4 is 11.9 Å². The van der Waals surface area contributed by atoms with Crippen molar-refractivity contribution in [3.05, 3.63) is 12.2 Å². The topological polar surface area (TPSA) is 69.6 Å². The molecule has 2 N–H and O–H groups in total. The number of hydrogen-bond donors (Lipinski definition) is 2. The van der Waals surface area contributed by atoms with Crippen molar-refractivity contribution in [1.82, 2.24) is 10.2 Å². The van der Waals surface area contributed by atoms with Gasteiger partial charge < -0.3 is 10.4 Å². The largest absolute Gasteiger partial charge is 0.480 e. The van der Waals surface area contributed by atoms with Gasteiger partial charge in [-0.3, -0.25) is 14.5 Å². The second-order valence-electron chi connectivity index (χ2n) is 7.91. The maximum absolute atomic E-state index is 11.8. The van der Waals surface area contributed by atoms with E-state index in [0.717, 1.165) is 32.1 Å². The van der Waals surface area contributed by atoms with E-state index < -0.39 is 12.0 Å². The lowest BCUT2D eigenvalue weighted by Crippen LogP contribution is -2.35. The van der Waals surface area contributed by atoms with Crippen molar-refractivity contribution in [2.24, 2.45) is 0 Å². The zero-order valence-corrected chi connectivity index (χ0v) is 18.5. The first-order chi connectivity index (χ1) is 13.5. The molecule has 0 rings (SSSR count). The van der Waals surface area contributed by atoms with Gasteiger partial charge in [0, 0.05) is 13.0 Å². The van der Waals surface area contributed by atoms with E-state index in [4.69, 9.17) is 5.11 Å². The van der Waals surface area contributed by atoms with E-state index in [1.807, 2.05) is 0 Å². The Balaban J connectivity index is 3.40. The monoisotopic (exact) mass is 396 g/mol. The Bertz CT molecular complexity index is 422. The van der Waals surface area contributed by atoms with Crippen molar-refractivity contribution in [2.45, 2.75) is 103 Å². The Kier molecular flexibility index (Phi) is 18.1. The molecule has 164 valence electrons. The molecule has 0 radical (unpaired) electrons. The molecule has 0 aromatic rings. The van der Waals surface area contributed by atoms with Crippen molar-refractivity contribution in [1.29, 1.82) is 0 Å². The number of carboxylic acids is 1. The number of allylic oxidation sites excluding steroid dienone is 2. The molecule has 0 aliphatic carbocycles. The van der Waals surface area contributed by atoms with Gasteiger partial charge in [-0.05, 0) is 59.0 Å². The predicted octanol–water partition coefficient (Wildman–Crippen LogP) is 5.15. The van der Waals surface area contributed by atoms with Gasteiger partial charge in [-0.2, -0.15) is 0 Å². The number of carbonyl (C=O) groups is 2. The molecule has 0 unspecified atom stereocenters. The molecule has 0 bridgehead atoms. The summed E-state index contributed by atoms with van der Waals surface area (Å²) in [5.74, 6) is -0.652. The fourth-order valence-electron chi connectivity index (χ4n) is 3.27. The zero-order chi connectivity index (χ0) is 21.0. The molecule has 28 heavy (non-hydrogen) atoms. The Morgan fingerprint density at radius 1 is 0.893 bits per heavy atom. The lowest BCUT2D eigenvalue weighted by molar-refractivity contribution is -0.142. The number of unbranched alkanes of at least 4 members (excludes halogenated alkanes) is 9. The SMILES string of the molecule is CC/C=C/CCCCCCCCCCC(=O)NCCCC[C@@H](C(=O)O)N(C)C. The highest BCUT2D eigenvalue weighted by Crippen LogP contribution is 2.11. The zero-order valence-electron chi connectivity index (χ0n) is 18.5. The van der Waals surface area contributed by atoms with E-state index in [9.17, 15) is 9.59 Å². The fraction of sp³-hybridized carbons (Fsp3) is 0.826. The first-order valence-corrected chi connectivity index (χ1v) is 11.3. The van der Waals surface area contributed by atoms with E-state index in [0.29, 0.717) is 19.4 Å². The van der Waals surface area contributed by atoms with Crippen LogP contribution in [0.15, 0.2) is 12.2 Å². The Morgan fingerprint density at radius 3 is 2.07 bits per heavy atom. The van der Waals surface area contributed by atoms with Crippen LogP contribution in [0.25, 0.3) is 0 Å². The fourth-order valence-corrected chi connectivity index (χ4v) is 3.27. The Labute approximate surface area is 173 Å². The number of nitrogens with one attached hydrogen (secondary N) is 1. The number of carbonyl (C=O) groups excluding carboxylic acids is 1. The highest BCUT2D eigenvalue weighted by atomic mass is 16.4. The third-order valence-corrected chi connectivity index (χ3v) is 5.06. The van der Waals surface area contributed by atoms with Gasteiger partial charge in [0.1, 0.15) is 6.04 Å². The first-order valence-electron chi connectivity index (χ1n) is 11.3. The molecule has 0 heterocycles. The lowest BCUT2D eigenvalue weighted by Gasteiger charge is -2.19. The molecule has 0 spiro atoms. The average molecular weight is 397 g/mol. The minimum atomic E-state index is -0.779. The molecule has 5 heteroatoms. The van der Waals surface area contributed by atoms with E-state index >= 15 is 0 Å². The van der Waals surface area contributed by atoms with Crippen molar-refractivity contribution in [2.75, 3.05) is 20.6 Å². The van der Waals surface area contributed by atoms with Gasteiger partial charge >= 0.3 is 5.97 Å². The molecule has 1 atom stereocenters. The van der Waals surface area contributed by atoms with Crippen LogP contribution in [0, 0.1) is 0 Å². The summed E-state index contributed by atoms with van der Waals surface area (Å²) in [6, 6.07) is -0.436. The van der Waals surface area contributed by atoms with Gasteiger partial charge in [0.25, 0.3) is 0 Å². The van der Waals surface area contributed by atoms with Crippen LogP contribution in [0.3, 0.4) is 0 Å². The summed E-state index contributed by atoms with van der Waals surface area (Å²) in [6.07, 6.45) is 19.7. The van der Waals surface area contributed by atoms with Crippen LogP contribution in [-0.2, 0) is 9.59 Å². The van der Waals surface area contributed by atoms with Crippen LogP contribution in [0.2, 0.25) is 0 Å². The summed E-state index contributed by atoms with van der Waals surface area (Å²) in [4.78, 5) is 24.6. The second-order valence-corrected chi connectivity index (χ2v) is 7.91. The smallest absolute Gasteiger partial charge is 0.320 e. The van der Waals surface area contributed by atoms with Gasteiger partial charge in [0.15, 0.2) is 0 Å². The third-order valence-electron chi connectivity index (χ3n) is 5.06. The van der Waals surface area contributed by atoms with Crippen molar-refractivity contribution in [3.8, 4) is 0 Å². The number of carboxylic acid groups (broad SMARTS) is 1. The van der Waals surface area contributed by atoms with E-state index in [2.05, 4.69) is 24.4 Å². The van der Waals surface area contributed by atoms with Crippen LogP contribution in [-0.4, -0.2) is 48.6 Å². The summed E-state index contributed by atoms with van der Waals surface area (Å²) in [5, 5.41) is 12.1. The van der Waals surface area contributed by atoms with E-state index in [1.165, 1.54) is 44.9 Å². The minimum absolute atomic E-state index is 0.127. The maximum Gasteiger partial charge on any atom is 0.320 e. The molecule has 0 aromatic heterocycles. The molecule has 0 aromatic carbocycles. The van der Waals surface area contributed by atoms with Gasteiger partial charge in [0.2, 0.25) is 5.91 Å². The van der Waals surface area contributed by atoms with Gasteiger partial charge in [-0.25, -0.2) is 0 Å².